The van der Waals surface area contributed by atoms with Crippen LogP contribution in [0.25, 0.3) is 33.3 Å². The van der Waals surface area contributed by atoms with Crippen molar-refractivity contribution in [2.45, 2.75) is 105 Å². The number of ether oxygens (including phenoxy) is 2. The minimum Gasteiger partial charge on any atom is -0.467 e. The number of aldehydes is 1. The minimum absolute atomic E-state index is 0.0674. The van der Waals surface area contributed by atoms with Crippen LogP contribution in [0.15, 0.2) is 73.4 Å². The van der Waals surface area contributed by atoms with Crippen molar-refractivity contribution in [3.8, 4) is 22.4 Å². The van der Waals surface area contributed by atoms with Crippen molar-refractivity contribution in [3.63, 3.8) is 0 Å². The zero-order valence-electron chi connectivity index (χ0n) is 40.8. The molecule has 3 atom stereocenters. The number of nitrogens with zero attached hydrogens (tertiary/aromatic N) is 5. The maximum Gasteiger partial charge on any atom is 0.293 e. The second-order valence-corrected chi connectivity index (χ2v) is 19.5. The molecule has 2 aromatic carbocycles. The van der Waals surface area contributed by atoms with Crippen LogP contribution >= 0.6 is 0 Å². The number of fused-ring (bicyclic) bond motifs is 1. The van der Waals surface area contributed by atoms with Crippen LogP contribution in [0.3, 0.4) is 0 Å². The van der Waals surface area contributed by atoms with Crippen molar-refractivity contribution in [3.05, 3.63) is 90.3 Å². The maximum absolute atomic E-state index is 13.8. The van der Waals surface area contributed by atoms with Gasteiger partial charge in [-0.05, 0) is 111 Å². The van der Waals surface area contributed by atoms with Crippen LogP contribution in [0.1, 0.15) is 90.2 Å². The summed E-state index contributed by atoms with van der Waals surface area (Å²) in [6.45, 7) is 20.9. The minimum atomic E-state index is -0.804. The molecule has 3 aliphatic heterocycles. The number of aromatic nitrogens is 2. The number of aryl methyl sites for hydroxylation is 1. The van der Waals surface area contributed by atoms with Crippen molar-refractivity contribution in [1.82, 2.24) is 35.1 Å². The first-order chi connectivity index (χ1) is 32.1. The molecule has 0 radical (unpaired) electrons. The van der Waals surface area contributed by atoms with E-state index in [0.29, 0.717) is 51.9 Å². The number of rotatable bonds is 18. The lowest BCUT2D eigenvalue weighted by molar-refractivity contribution is -0.175. The fourth-order valence-corrected chi connectivity index (χ4v) is 9.98. The molecular weight excluding hydrogens is 847 g/mol. The summed E-state index contributed by atoms with van der Waals surface area (Å²) in [6.07, 6.45) is 8.28. The summed E-state index contributed by atoms with van der Waals surface area (Å²) in [5, 5.41) is 6.16. The largest absolute Gasteiger partial charge is 0.467 e. The Morgan fingerprint density at radius 1 is 1.01 bits per heavy atom. The Morgan fingerprint density at radius 2 is 1.76 bits per heavy atom. The SMILES string of the molecule is C=CC(=O)N1CCC2(CC1)CN(C(C(=O)NC(C=O)Cc1cccc(-c3ccc4c(c3)c(CC(C)(C)COC=O)c(-c3cccnc3C(C)OC)n4CC)c1)C(C)C)C2=O.CN1CCCCN1. The number of carbonyl (C=O) groups is 5. The number of benzene rings is 2. The number of pyridine rings is 1. The Balaban J connectivity index is 0.000000967. The molecule has 14 nitrogen and oxygen atoms in total. The van der Waals surface area contributed by atoms with Crippen LogP contribution in [-0.4, -0.2) is 120 Å². The highest BCUT2D eigenvalue weighted by atomic mass is 16.5. The van der Waals surface area contributed by atoms with Gasteiger partial charge >= 0.3 is 0 Å². The number of carbonyl (C=O) groups excluding carboxylic acids is 5. The van der Waals surface area contributed by atoms with Crippen molar-refractivity contribution >= 4 is 41.4 Å². The Hall–Kier alpha value is -5.70. The van der Waals surface area contributed by atoms with Crippen LogP contribution in [0.2, 0.25) is 0 Å². The number of hydrogen-bond acceptors (Lipinski definition) is 10. The zero-order valence-corrected chi connectivity index (χ0v) is 40.8. The number of piperidine rings is 1. The lowest BCUT2D eigenvalue weighted by atomic mass is 9.69. The molecule has 1 spiro atoms. The highest BCUT2D eigenvalue weighted by Gasteiger charge is 2.56. The van der Waals surface area contributed by atoms with Crippen LogP contribution < -0.4 is 10.7 Å². The molecule has 67 heavy (non-hydrogen) atoms. The number of likely N-dealkylation sites (tertiary alicyclic amines) is 2. The molecule has 3 aliphatic rings. The highest BCUT2D eigenvalue weighted by molar-refractivity contribution is 5.97. The summed E-state index contributed by atoms with van der Waals surface area (Å²) in [5.74, 6) is -0.736. The summed E-state index contributed by atoms with van der Waals surface area (Å²) >= 11 is 0. The Bertz CT molecular complexity index is 2400. The molecule has 3 unspecified atom stereocenters. The van der Waals surface area contributed by atoms with E-state index in [-0.39, 0.29) is 48.2 Å². The Labute approximate surface area is 396 Å². The topological polar surface area (TPSA) is 155 Å². The van der Waals surface area contributed by atoms with E-state index in [1.165, 1.54) is 25.5 Å². The van der Waals surface area contributed by atoms with E-state index >= 15 is 0 Å². The van der Waals surface area contributed by atoms with E-state index < -0.39 is 17.5 Å². The molecule has 2 N–H and O–H groups in total. The normalized spacial score (nSPS) is 17.5. The molecule has 2 aromatic heterocycles. The number of amides is 3. The third kappa shape index (κ3) is 11.5. The van der Waals surface area contributed by atoms with E-state index in [1.54, 1.807) is 23.1 Å². The van der Waals surface area contributed by atoms with E-state index in [0.717, 1.165) is 62.9 Å². The van der Waals surface area contributed by atoms with Gasteiger partial charge in [-0.2, -0.15) is 0 Å². The fourth-order valence-electron chi connectivity index (χ4n) is 9.98. The van der Waals surface area contributed by atoms with Gasteiger partial charge in [0.25, 0.3) is 6.47 Å². The summed E-state index contributed by atoms with van der Waals surface area (Å²) in [7, 11) is 3.76. The molecule has 0 aliphatic carbocycles. The van der Waals surface area contributed by atoms with Crippen LogP contribution in [0.4, 0.5) is 0 Å². The summed E-state index contributed by atoms with van der Waals surface area (Å²) in [5.41, 5.74) is 10.1. The molecule has 0 saturated carbocycles. The van der Waals surface area contributed by atoms with Gasteiger partial charge in [-0.25, -0.2) is 5.01 Å². The Kier molecular flexibility index (Phi) is 17.0. The number of hydrogen-bond donors (Lipinski definition) is 2. The van der Waals surface area contributed by atoms with Crippen LogP contribution in [0, 0.1) is 16.7 Å². The fraction of sp³-hybridized carbons (Fsp3) is 0.509. The van der Waals surface area contributed by atoms with Crippen molar-refractivity contribution in [2.75, 3.05) is 53.5 Å². The molecular formula is C53H71N7O7. The first kappa shape index (κ1) is 50.7. The van der Waals surface area contributed by atoms with E-state index in [9.17, 15) is 24.0 Å². The molecule has 3 saturated heterocycles. The lowest BCUT2D eigenvalue weighted by Gasteiger charge is -2.55. The predicted molar refractivity (Wildman–Crippen MR) is 262 cm³/mol. The standard InChI is InChI=1S/C48H59N5O7.C5H12N2/c1-9-41(56)51-21-18-48(19-22-51)28-53(46(48)58)43(31(3)4)45(57)50-36(27-54)24-33-13-11-14-34(23-33)35-16-17-40-38(25-35)39(26-47(6,7)29-60-30-55)44(52(40)10-2)37-15-12-20-49-42(37)32(5)59-8;1-7-5-3-2-4-6-7/h9,11-17,20,23,25,27,30-32,36,43H,1,10,18-19,21-22,24,26,28-29H2,2-8H3,(H,50,57);6H,2-5H2,1H3. The Morgan fingerprint density at radius 3 is 2.36 bits per heavy atom. The maximum atomic E-state index is 13.8. The van der Waals surface area contributed by atoms with Gasteiger partial charge in [0.1, 0.15) is 12.3 Å². The van der Waals surface area contributed by atoms with E-state index in [2.05, 4.69) is 85.0 Å². The monoisotopic (exact) mass is 918 g/mol. The van der Waals surface area contributed by atoms with Gasteiger partial charge in [0, 0.05) is 81.5 Å². The number of methoxy groups -OCH3 is 1. The molecule has 4 aromatic rings. The molecule has 360 valence electrons. The van der Waals surface area contributed by atoms with E-state index in [4.69, 9.17) is 14.5 Å². The quantitative estimate of drug-likeness (QED) is 0.0609. The molecule has 7 rings (SSSR count). The van der Waals surface area contributed by atoms with Gasteiger partial charge in [-0.1, -0.05) is 64.6 Å². The average Bonchev–Trinajstić information content (AvgIpc) is 3.64. The first-order valence-corrected chi connectivity index (χ1v) is 23.8. The third-order valence-electron chi connectivity index (χ3n) is 13.7. The van der Waals surface area contributed by atoms with Crippen molar-refractivity contribution in [1.29, 1.82) is 0 Å². The molecule has 5 heterocycles. The smallest absolute Gasteiger partial charge is 0.293 e. The summed E-state index contributed by atoms with van der Waals surface area (Å²) in [4.78, 5) is 71.5. The molecule has 3 fully saturated rings. The number of hydrazine groups is 1. The number of nitrogens with one attached hydrogen (secondary N) is 2. The van der Waals surface area contributed by atoms with Gasteiger partial charge < -0.3 is 34.0 Å². The predicted octanol–water partition coefficient (Wildman–Crippen LogP) is 6.94. The molecule has 3 amide bonds. The highest BCUT2D eigenvalue weighted by Crippen LogP contribution is 2.44. The second kappa shape index (κ2) is 22.4. The van der Waals surface area contributed by atoms with Gasteiger partial charge in [0.2, 0.25) is 17.7 Å². The third-order valence-corrected chi connectivity index (χ3v) is 13.7. The zero-order chi connectivity index (χ0) is 48.5. The summed E-state index contributed by atoms with van der Waals surface area (Å²) in [6, 6.07) is 17.0. The van der Waals surface area contributed by atoms with Gasteiger partial charge in [-0.15, -0.1) is 0 Å². The van der Waals surface area contributed by atoms with Gasteiger partial charge in [0.15, 0.2) is 0 Å². The van der Waals surface area contributed by atoms with Crippen molar-refractivity contribution < 1.29 is 33.4 Å². The molecule has 14 heteroatoms. The van der Waals surface area contributed by atoms with Crippen molar-refractivity contribution in [2.24, 2.45) is 16.7 Å². The van der Waals surface area contributed by atoms with Gasteiger partial charge in [0.05, 0.1) is 35.6 Å². The van der Waals surface area contributed by atoms with Crippen LogP contribution in [0.5, 0.6) is 0 Å². The van der Waals surface area contributed by atoms with Crippen LogP contribution in [-0.2, 0) is 52.8 Å². The second-order valence-electron chi connectivity index (χ2n) is 19.5. The van der Waals surface area contributed by atoms with E-state index in [1.807, 2.05) is 45.0 Å². The van der Waals surface area contributed by atoms with Gasteiger partial charge in [-0.3, -0.25) is 29.6 Å². The number of β-lactam (4-membered cyclic amide) rings is 1. The first-order valence-electron chi connectivity index (χ1n) is 23.8. The average molecular weight is 918 g/mol. The summed E-state index contributed by atoms with van der Waals surface area (Å²) < 4.78 is 13.4. The lowest BCUT2D eigenvalue weighted by Crippen LogP contribution is -2.70. The molecule has 0 bridgehead atoms.